The Morgan fingerprint density at radius 1 is 1.50 bits per heavy atom. The van der Waals surface area contributed by atoms with Gasteiger partial charge in [0.2, 0.25) is 5.91 Å². The van der Waals surface area contributed by atoms with E-state index in [4.69, 9.17) is 0 Å². The zero-order valence-electron chi connectivity index (χ0n) is 11.8. The fourth-order valence-corrected chi connectivity index (χ4v) is 3.39. The minimum Gasteiger partial charge on any atom is -0.391 e. The molecule has 0 aliphatic heterocycles. The van der Waals surface area contributed by atoms with Crippen LogP contribution < -0.4 is 10.2 Å². The quantitative estimate of drug-likeness (QED) is 0.863. The Balaban J connectivity index is 1.74. The maximum absolute atomic E-state index is 11.8. The van der Waals surface area contributed by atoms with Crippen molar-refractivity contribution in [1.82, 2.24) is 9.88 Å². The van der Waals surface area contributed by atoms with Crippen molar-refractivity contribution in [2.45, 2.75) is 64.1 Å². The number of carbonyl (C=O) groups excluding carboxylic acids is 1. The lowest BCUT2D eigenvalue weighted by atomic mass is 9.92. The standard InChI is InChI=1S/C14H22N2O3S/c1-10-9-20-14(19)16(10)8-4-7-13(18)15-11-5-2-3-6-12(11)17/h9,11-12,17H,2-8H2,1H3,(H,15,18). The van der Waals surface area contributed by atoms with Crippen molar-refractivity contribution in [3.05, 3.63) is 20.7 Å². The third-order valence-corrected chi connectivity index (χ3v) is 4.72. The van der Waals surface area contributed by atoms with E-state index in [1.165, 1.54) is 11.3 Å². The topological polar surface area (TPSA) is 71.3 Å². The third kappa shape index (κ3) is 3.93. The van der Waals surface area contributed by atoms with Crippen LogP contribution in [-0.2, 0) is 11.3 Å². The summed E-state index contributed by atoms with van der Waals surface area (Å²) in [5.41, 5.74) is 0.947. The molecule has 1 aromatic heterocycles. The number of aliphatic hydroxyl groups is 1. The molecule has 20 heavy (non-hydrogen) atoms. The Hall–Kier alpha value is -1.14. The maximum atomic E-state index is 11.8. The number of amides is 1. The summed E-state index contributed by atoms with van der Waals surface area (Å²) >= 11 is 1.19. The van der Waals surface area contributed by atoms with Gasteiger partial charge >= 0.3 is 4.87 Å². The highest BCUT2D eigenvalue weighted by molar-refractivity contribution is 7.07. The fourth-order valence-electron chi connectivity index (χ4n) is 2.63. The highest BCUT2D eigenvalue weighted by atomic mass is 32.1. The van der Waals surface area contributed by atoms with Crippen LogP contribution in [0.3, 0.4) is 0 Å². The molecule has 1 fully saturated rings. The second-order valence-electron chi connectivity index (χ2n) is 5.42. The zero-order valence-corrected chi connectivity index (χ0v) is 12.6. The molecule has 1 amide bonds. The van der Waals surface area contributed by atoms with Crippen molar-refractivity contribution >= 4 is 17.2 Å². The van der Waals surface area contributed by atoms with E-state index in [-0.39, 0.29) is 16.8 Å². The lowest BCUT2D eigenvalue weighted by molar-refractivity contribution is -0.123. The molecule has 0 bridgehead atoms. The van der Waals surface area contributed by atoms with E-state index in [0.29, 0.717) is 19.4 Å². The van der Waals surface area contributed by atoms with Gasteiger partial charge in [0.25, 0.3) is 0 Å². The van der Waals surface area contributed by atoms with Gasteiger partial charge in [0, 0.05) is 24.0 Å². The molecular weight excluding hydrogens is 276 g/mol. The van der Waals surface area contributed by atoms with Gasteiger partial charge in [-0.2, -0.15) is 0 Å². The average molecular weight is 298 g/mol. The molecule has 1 aliphatic carbocycles. The van der Waals surface area contributed by atoms with E-state index in [9.17, 15) is 14.7 Å². The van der Waals surface area contributed by atoms with Crippen LogP contribution in [0.15, 0.2) is 10.2 Å². The number of aryl methyl sites for hydroxylation is 1. The van der Waals surface area contributed by atoms with Gasteiger partial charge in [-0.3, -0.25) is 9.59 Å². The summed E-state index contributed by atoms with van der Waals surface area (Å²) in [6, 6.07) is -0.0955. The van der Waals surface area contributed by atoms with Gasteiger partial charge in [-0.05, 0) is 26.2 Å². The van der Waals surface area contributed by atoms with Gasteiger partial charge in [-0.15, -0.1) is 0 Å². The molecule has 1 heterocycles. The number of nitrogens with zero attached hydrogens (tertiary/aromatic N) is 1. The van der Waals surface area contributed by atoms with Gasteiger partial charge in [0.15, 0.2) is 0 Å². The first kappa shape index (κ1) is 15.3. The van der Waals surface area contributed by atoms with Crippen molar-refractivity contribution in [3.8, 4) is 0 Å². The van der Waals surface area contributed by atoms with Gasteiger partial charge in [0.05, 0.1) is 12.1 Å². The van der Waals surface area contributed by atoms with Crippen LogP contribution in [0, 0.1) is 6.92 Å². The van der Waals surface area contributed by atoms with E-state index in [2.05, 4.69) is 5.32 Å². The van der Waals surface area contributed by atoms with Crippen LogP contribution in [0.2, 0.25) is 0 Å². The number of rotatable bonds is 5. The molecule has 1 saturated carbocycles. The number of thiazole rings is 1. The molecule has 5 nitrogen and oxygen atoms in total. The molecule has 0 spiro atoms. The lowest BCUT2D eigenvalue weighted by Gasteiger charge is -2.28. The molecular formula is C14H22N2O3S. The van der Waals surface area contributed by atoms with Gasteiger partial charge in [-0.1, -0.05) is 24.2 Å². The largest absolute Gasteiger partial charge is 0.391 e. The van der Waals surface area contributed by atoms with Gasteiger partial charge in [0.1, 0.15) is 0 Å². The predicted molar refractivity (Wildman–Crippen MR) is 79.0 cm³/mol. The fraction of sp³-hybridized carbons (Fsp3) is 0.714. The van der Waals surface area contributed by atoms with E-state index in [1.807, 2.05) is 12.3 Å². The summed E-state index contributed by atoms with van der Waals surface area (Å²) in [7, 11) is 0. The van der Waals surface area contributed by atoms with Crippen molar-refractivity contribution in [1.29, 1.82) is 0 Å². The molecule has 112 valence electrons. The average Bonchev–Trinajstić information content (AvgIpc) is 2.73. The molecule has 0 radical (unpaired) electrons. The molecule has 2 N–H and O–H groups in total. The van der Waals surface area contributed by atoms with Crippen molar-refractivity contribution in [3.63, 3.8) is 0 Å². The van der Waals surface area contributed by atoms with Gasteiger partial charge in [-0.25, -0.2) is 0 Å². The predicted octanol–water partition coefficient (Wildman–Crippen LogP) is 1.42. The van der Waals surface area contributed by atoms with Crippen molar-refractivity contribution in [2.24, 2.45) is 0 Å². The van der Waals surface area contributed by atoms with Crippen molar-refractivity contribution < 1.29 is 9.90 Å². The first-order valence-electron chi connectivity index (χ1n) is 7.20. The summed E-state index contributed by atoms with van der Waals surface area (Å²) in [4.78, 5) is 23.4. The van der Waals surface area contributed by atoms with Crippen LogP contribution in [-0.4, -0.2) is 27.7 Å². The monoisotopic (exact) mass is 298 g/mol. The number of carbonyl (C=O) groups is 1. The van der Waals surface area contributed by atoms with E-state index < -0.39 is 6.10 Å². The number of hydrogen-bond acceptors (Lipinski definition) is 4. The Morgan fingerprint density at radius 2 is 2.25 bits per heavy atom. The zero-order chi connectivity index (χ0) is 14.5. The summed E-state index contributed by atoms with van der Waals surface area (Å²) < 4.78 is 1.70. The second kappa shape index (κ2) is 7.04. The Kier molecular flexibility index (Phi) is 5.37. The number of hydrogen-bond donors (Lipinski definition) is 2. The second-order valence-corrected chi connectivity index (χ2v) is 6.24. The van der Waals surface area contributed by atoms with E-state index in [0.717, 1.165) is 31.4 Å². The summed E-state index contributed by atoms with van der Waals surface area (Å²) in [5.74, 6) is -0.0307. The smallest absolute Gasteiger partial charge is 0.307 e. The van der Waals surface area contributed by atoms with Crippen molar-refractivity contribution in [2.75, 3.05) is 0 Å². The maximum Gasteiger partial charge on any atom is 0.307 e. The Labute approximate surface area is 122 Å². The first-order chi connectivity index (χ1) is 9.58. The van der Waals surface area contributed by atoms with Crippen LogP contribution >= 0.6 is 11.3 Å². The molecule has 2 rings (SSSR count). The van der Waals surface area contributed by atoms with Crippen LogP contribution in [0.1, 0.15) is 44.2 Å². The molecule has 2 unspecified atom stereocenters. The Morgan fingerprint density at radius 3 is 2.90 bits per heavy atom. The molecule has 6 heteroatoms. The summed E-state index contributed by atoms with van der Waals surface area (Å²) in [6.45, 7) is 2.48. The summed E-state index contributed by atoms with van der Waals surface area (Å²) in [6.07, 6.45) is 4.36. The van der Waals surface area contributed by atoms with E-state index >= 15 is 0 Å². The van der Waals surface area contributed by atoms with Crippen LogP contribution in [0.5, 0.6) is 0 Å². The molecule has 2 atom stereocenters. The highest BCUT2D eigenvalue weighted by Gasteiger charge is 2.24. The van der Waals surface area contributed by atoms with E-state index in [1.54, 1.807) is 4.57 Å². The van der Waals surface area contributed by atoms with Crippen LogP contribution in [0.25, 0.3) is 0 Å². The molecule has 1 aliphatic rings. The lowest BCUT2D eigenvalue weighted by Crippen LogP contribution is -2.45. The first-order valence-corrected chi connectivity index (χ1v) is 8.08. The minimum atomic E-state index is -0.408. The molecule has 0 aromatic carbocycles. The third-order valence-electron chi connectivity index (χ3n) is 3.84. The Bertz CT molecular complexity index is 509. The highest BCUT2D eigenvalue weighted by Crippen LogP contribution is 2.18. The van der Waals surface area contributed by atoms with Gasteiger partial charge < -0.3 is 15.0 Å². The molecule has 0 saturated heterocycles. The number of aliphatic hydroxyl groups excluding tert-OH is 1. The number of nitrogens with one attached hydrogen (secondary N) is 1. The summed E-state index contributed by atoms with van der Waals surface area (Å²) in [5, 5.41) is 14.5. The van der Waals surface area contributed by atoms with Crippen LogP contribution in [0.4, 0.5) is 0 Å². The number of aromatic nitrogens is 1. The SMILES string of the molecule is Cc1csc(=O)n1CCCC(=O)NC1CCCCC1O. The molecule has 1 aromatic rings. The minimum absolute atomic E-state index is 0.0307. The normalized spacial score (nSPS) is 22.7.